The number of carbonyl (C=O) groups is 1. The molecule has 2 aliphatic rings. The number of nitrogens with zero attached hydrogens (tertiary/aromatic N) is 2. The molecule has 1 atom stereocenters. The van der Waals surface area contributed by atoms with Crippen LogP contribution in [-0.4, -0.2) is 46.1 Å². The number of Topliss-reactive ketones (excluding diaryl/α,β-unsaturated/α-hetero) is 1. The van der Waals surface area contributed by atoms with Crippen LogP contribution in [0.2, 0.25) is 0 Å². The first-order valence-electron chi connectivity index (χ1n) is 11.2. The van der Waals surface area contributed by atoms with Crippen LogP contribution in [0.5, 0.6) is 11.6 Å². The van der Waals surface area contributed by atoms with Gasteiger partial charge in [-0.15, -0.1) is 0 Å². The maximum atomic E-state index is 11.9. The Labute approximate surface area is 184 Å². The number of rotatable bonds is 7. The lowest BCUT2D eigenvalue weighted by molar-refractivity contribution is -0.134. The maximum Gasteiger partial charge on any atom is 0.257 e. The van der Waals surface area contributed by atoms with E-state index in [0.29, 0.717) is 30.6 Å². The summed E-state index contributed by atoms with van der Waals surface area (Å²) in [6.45, 7) is 6.67. The number of pyridine rings is 1. The molecule has 166 valence electrons. The zero-order valence-corrected chi connectivity index (χ0v) is 18.4. The first-order chi connectivity index (χ1) is 14.9. The highest BCUT2D eigenvalue weighted by Gasteiger charge is 2.26. The summed E-state index contributed by atoms with van der Waals surface area (Å²) in [7, 11) is 0. The second kappa shape index (κ2) is 9.37. The molecule has 1 aromatic heterocycles. The molecule has 0 bridgehead atoms. The zero-order valence-electron chi connectivity index (χ0n) is 18.4. The van der Waals surface area contributed by atoms with Crippen LogP contribution in [0.15, 0.2) is 42.6 Å². The Morgan fingerprint density at radius 1 is 1.19 bits per heavy atom. The second-order valence-electron chi connectivity index (χ2n) is 9.21. The molecule has 1 fully saturated rings. The van der Waals surface area contributed by atoms with Gasteiger partial charge in [0.25, 0.3) is 5.88 Å². The molecule has 0 unspecified atom stereocenters. The molecule has 6 heteroatoms. The molecule has 0 amide bonds. The van der Waals surface area contributed by atoms with Crippen molar-refractivity contribution in [2.24, 2.45) is 5.92 Å². The number of ether oxygens (including phenoxy) is 2. The molecule has 0 radical (unpaired) electrons. The monoisotopic (exact) mass is 424 g/mol. The fraction of sp³-hybridized carbons (Fsp3) is 0.520. The van der Waals surface area contributed by atoms with E-state index < -0.39 is 5.60 Å². The molecule has 0 saturated carbocycles. The van der Waals surface area contributed by atoms with Crippen LogP contribution in [-0.2, 0) is 11.3 Å². The van der Waals surface area contributed by atoms with Crippen molar-refractivity contribution >= 4 is 5.78 Å². The minimum Gasteiger partial charge on any atom is -0.484 e. The summed E-state index contributed by atoms with van der Waals surface area (Å²) >= 11 is 0. The van der Waals surface area contributed by atoms with E-state index in [4.69, 9.17) is 9.47 Å². The van der Waals surface area contributed by atoms with Gasteiger partial charge in [-0.05, 0) is 75.4 Å². The van der Waals surface area contributed by atoms with Gasteiger partial charge in [-0.1, -0.05) is 24.3 Å². The number of ketones is 1. The van der Waals surface area contributed by atoms with Crippen LogP contribution in [0.4, 0.5) is 0 Å². The Balaban J connectivity index is 1.24. The van der Waals surface area contributed by atoms with Gasteiger partial charge in [0.2, 0.25) is 0 Å². The maximum absolute atomic E-state index is 11.9. The summed E-state index contributed by atoms with van der Waals surface area (Å²) < 4.78 is 11.8. The molecule has 2 aromatic rings. The van der Waals surface area contributed by atoms with Crippen molar-refractivity contribution in [3.05, 3.63) is 53.7 Å². The van der Waals surface area contributed by atoms with Gasteiger partial charge in [0.05, 0.1) is 0 Å². The number of hydrogen-bond acceptors (Lipinski definition) is 6. The Bertz CT molecular complexity index is 883. The van der Waals surface area contributed by atoms with Crippen LogP contribution in [0.25, 0.3) is 0 Å². The summed E-state index contributed by atoms with van der Waals surface area (Å²) in [5.74, 6) is 1.77. The number of fused-ring (bicyclic) bond motifs is 1. The topological polar surface area (TPSA) is 71.9 Å². The minimum absolute atomic E-state index is 0.0540. The van der Waals surface area contributed by atoms with Crippen LogP contribution >= 0.6 is 0 Å². The number of aliphatic hydroxyl groups is 1. The molecule has 6 nitrogen and oxygen atoms in total. The lowest BCUT2D eigenvalue weighted by Crippen LogP contribution is -2.35. The highest BCUT2D eigenvalue weighted by atomic mass is 16.6. The third kappa shape index (κ3) is 5.63. The number of benzene rings is 1. The average molecular weight is 425 g/mol. The van der Waals surface area contributed by atoms with Gasteiger partial charge in [-0.3, -0.25) is 9.69 Å². The highest BCUT2D eigenvalue weighted by molar-refractivity contribution is 5.86. The van der Waals surface area contributed by atoms with Crippen molar-refractivity contribution < 1.29 is 19.4 Å². The van der Waals surface area contributed by atoms with Gasteiger partial charge >= 0.3 is 0 Å². The number of piperidine rings is 1. The van der Waals surface area contributed by atoms with E-state index >= 15 is 0 Å². The molecule has 0 aliphatic carbocycles. The average Bonchev–Trinajstić information content (AvgIpc) is 2.78. The highest BCUT2D eigenvalue weighted by Crippen LogP contribution is 2.34. The molecular weight excluding hydrogens is 392 g/mol. The molecule has 1 aromatic carbocycles. The minimum atomic E-state index is -1.21. The van der Waals surface area contributed by atoms with Crippen molar-refractivity contribution in [1.29, 1.82) is 0 Å². The summed E-state index contributed by atoms with van der Waals surface area (Å²) in [4.78, 5) is 18.7. The molecule has 1 N–H and O–H groups in total. The Hall–Kier alpha value is -2.44. The van der Waals surface area contributed by atoms with E-state index in [2.05, 4.69) is 34.1 Å². The molecular formula is C25H32N2O4. The standard InChI is InChI=1S/C25H32N2O4/c1-25(2,29)23(28)10-7-18-11-14-27(15-12-18)16-19-5-8-20(9-6-19)22-17-30-21-4-3-13-26-24(21)31-22/h3-6,8-9,13,18,22,29H,7,10-12,14-17H2,1-2H3/t22-/m1/s1. The summed E-state index contributed by atoms with van der Waals surface area (Å²) in [5.41, 5.74) is 1.17. The van der Waals surface area contributed by atoms with Gasteiger partial charge in [-0.2, -0.15) is 0 Å². The van der Waals surface area contributed by atoms with E-state index in [1.165, 1.54) is 5.56 Å². The Morgan fingerprint density at radius 3 is 2.65 bits per heavy atom. The van der Waals surface area contributed by atoms with Gasteiger partial charge in [0, 0.05) is 19.2 Å². The third-order valence-corrected chi connectivity index (χ3v) is 6.31. The van der Waals surface area contributed by atoms with Crippen molar-refractivity contribution in [3.63, 3.8) is 0 Å². The second-order valence-corrected chi connectivity index (χ2v) is 9.21. The Kier molecular flexibility index (Phi) is 6.58. The normalized spacial score (nSPS) is 19.9. The van der Waals surface area contributed by atoms with Crippen molar-refractivity contribution in [2.75, 3.05) is 19.7 Å². The van der Waals surface area contributed by atoms with Gasteiger partial charge in [0.1, 0.15) is 12.2 Å². The van der Waals surface area contributed by atoms with Crippen molar-refractivity contribution in [1.82, 2.24) is 9.88 Å². The predicted octanol–water partition coefficient (Wildman–Crippen LogP) is 3.93. The van der Waals surface area contributed by atoms with E-state index in [0.717, 1.165) is 44.5 Å². The Morgan fingerprint density at radius 2 is 1.94 bits per heavy atom. The molecule has 31 heavy (non-hydrogen) atoms. The number of aromatic nitrogens is 1. The predicted molar refractivity (Wildman–Crippen MR) is 118 cm³/mol. The van der Waals surface area contributed by atoms with Gasteiger partial charge < -0.3 is 14.6 Å². The summed E-state index contributed by atoms with van der Waals surface area (Å²) in [6, 6.07) is 12.3. The SMILES string of the molecule is CC(C)(O)C(=O)CCC1CCN(Cc2ccc([C@H]3COc4cccnc4O3)cc2)CC1. The summed E-state index contributed by atoms with van der Waals surface area (Å²) in [6.07, 6.45) is 5.14. The van der Waals surface area contributed by atoms with Crippen molar-refractivity contribution in [2.45, 2.75) is 57.8 Å². The quantitative estimate of drug-likeness (QED) is 0.726. The lowest BCUT2D eigenvalue weighted by atomic mass is 9.88. The number of hydrogen-bond donors (Lipinski definition) is 1. The van der Waals surface area contributed by atoms with Crippen LogP contribution < -0.4 is 9.47 Å². The van der Waals surface area contributed by atoms with Crippen LogP contribution in [0.1, 0.15) is 56.8 Å². The first-order valence-corrected chi connectivity index (χ1v) is 11.2. The number of likely N-dealkylation sites (tertiary alicyclic amines) is 1. The fourth-order valence-corrected chi connectivity index (χ4v) is 4.24. The summed E-state index contributed by atoms with van der Waals surface area (Å²) in [5, 5.41) is 9.79. The third-order valence-electron chi connectivity index (χ3n) is 6.31. The molecule has 0 spiro atoms. The molecule has 1 saturated heterocycles. The van der Waals surface area contributed by atoms with E-state index in [1.54, 1.807) is 20.0 Å². The zero-order chi connectivity index (χ0) is 21.8. The van der Waals surface area contributed by atoms with Crippen LogP contribution in [0.3, 0.4) is 0 Å². The van der Waals surface area contributed by atoms with Crippen LogP contribution in [0, 0.1) is 5.92 Å². The molecule has 2 aliphatic heterocycles. The smallest absolute Gasteiger partial charge is 0.257 e. The molecule has 3 heterocycles. The molecule has 4 rings (SSSR count). The fourth-order valence-electron chi connectivity index (χ4n) is 4.24. The van der Waals surface area contributed by atoms with E-state index in [9.17, 15) is 9.90 Å². The van der Waals surface area contributed by atoms with Gasteiger partial charge in [0.15, 0.2) is 17.6 Å². The number of carbonyl (C=O) groups excluding carboxylic acids is 1. The lowest BCUT2D eigenvalue weighted by Gasteiger charge is -2.32. The van der Waals surface area contributed by atoms with Gasteiger partial charge in [-0.25, -0.2) is 4.98 Å². The van der Waals surface area contributed by atoms with E-state index in [1.807, 2.05) is 12.1 Å². The van der Waals surface area contributed by atoms with E-state index in [-0.39, 0.29) is 11.9 Å². The largest absolute Gasteiger partial charge is 0.484 e. The van der Waals surface area contributed by atoms with Crippen molar-refractivity contribution in [3.8, 4) is 11.6 Å². The first kappa shape index (κ1) is 21.8.